The summed E-state index contributed by atoms with van der Waals surface area (Å²) in [5.41, 5.74) is 7.99. The number of aromatic nitrogens is 1. The van der Waals surface area contributed by atoms with Gasteiger partial charge >= 0.3 is 5.97 Å². The minimum Gasteiger partial charge on any atom is -0.465 e. The molecular weight excluding hydrogens is 220 g/mol. The second kappa shape index (κ2) is 4.29. The van der Waals surface area contributed by atoms with Crippen LogP contribution in [0.2, 0.25) is 0 Å². The predicted molar refractivity (Wildman–Crippen MR) is 62.4 cm³/mol. The van der Waals surface area contributed by atoms with Crippen LogP contribution in [0, 0.1) is 6.92 Å². The van der Waals surface area contributed by atoms with Crippen LogP contribution in [-0.4, -0.2) is 18.2 Å². The molecule has 0 aliphatic heterocycles. The third-order valence-corrected chi connectivity index (χ3v) is 2.43. The summed E-state index contributed by atoms with van der Waals surface area (Å²) >= 11 is 0. The van der Waals surface area contributed by atoms with Gasteiger partial charge in [0.25, 0.3) is 0 Å². The minimum absolute atomic E-state index is 0.0348. The number of rotatable bonds is 2. The van der Waals surface area contributed by atoms with Crippen molar-refractivity contribution in [2.24, 2.45) is 0 Å². The molecule has 0 spiro atoms. The number of aryl methyl sites for hydroxylation is 1. The van der Waals surface area contributed by atoms with Crippen LogP contribution in [0.15, 0.2) is 28.8 Å². The van der Waals surface area contributed by atoms with Crippen molar-refractivity contribution in [2.45, 2.75) is 6.92 Å². The first kappa shape index (κ1) is 11.2. The van der Waals surface area contributed by atoms with Gasteiger partial charge in [0, 0.05) is 5.56 Å². The fourth-order valence-electron chi connectivity index (χ4n) is 1.51. The van der Waals surface area contributed by atoms with Gasteiger partial charge in [0.15, 0.2) is 5.56 Å². The molecular formula is C12H12N2O3. The van der Waals surface area contributed by atoms with E-state index in [0.29, 0.717) is 5.69 Å². The third-order valence-electron chi connectivity index (χ3n) is 2.43. The van der Waals surface area contributed by atoms with Crippen molar-refractivity contribution < 1.29 is 14.1 Å². The molecule has 0 bridgehead atoms. The molecule has 0 unspecified atom stereocenters. The van der Waals surface area contributed by atoms with Gasteiger partial charge in [0.05, 0.1) is 7.11 Å². The number of carbonyl (C=O) groups is 1. The number of nitrogens with two attached hydrogens (primary N) is 1. The number of benzene rings is 1. The lowest BCUT2D eigenvalue weighted by molar-refractivity contribution is 0.0602. The number of anilines is 1. The molecule has 5 nitrogen and oxygen atoms in total. The van der Waals surface area contributed by atoms with E-state index in [-0.39, 0.29) is 11.4 Å². The molecule has 1 aromatic carbocycles. The highest BCUT2D eigenvalue weighted by atomic mass is 16.5. The summed E-state index contributed by atoms with van der Waals surface area (Å²) in [6.07, 6.45) is 0. The Labute approximate surface area is 98.2 Å². The van der Waals surface area contributed by atoms with Crippen LogP contribution >= 0.6 is 0 Å². The Bertz CT molecular complexity index is 543. The topological polar surface area (TPSA) is 78.3 Å². The van der Waals surface area contributed by atoms with Crippen molar-refractivity contribution >= 4 is 11.9 Å². The molecule has 5 heteroatoms. The first-order chi connectivity index (χ1) is 8.13. The second-order valence-electron chi connectivity index (χ2n) is 3.63. The minimum atomic E-state index is -0.556. The fraction of sp³-hybridized carbons (Fsp3) is 0.167. The third kappa shape index (κ3) is 1.99. The number of hydrogen-bond acceptors (Lipinski definition) is 5. The number of nitrogens with zero attached hydrogens (tertiary/aromatic N) is 1. The van der Waals surface area contributed by atoms with Gasteiger partial charge in [0.1, 0.15) is 5.69 Å². The van der Waals surface area contributed by atoms with Crippen LogP contribution in [0.3, 0.4) is 0 Å². The summed E-state index contributed by atoms with van der Waals surface area (Å²) < 4.78 is 9.47. The lowest BCUT2D eigenvalue weighted by Gasteiger charge is -2.00. The lowest BCUT2D eigenvalue weighted by atomic mass is 10.1. The van der Waals surface area contributed by atoms with E-state index in [0.717, 1.165) is 11.1 Å². The molecule has 0 atom stereocenters. The van der Waals surface area contributed by atoms with Crippen molar-refractivity contribution in [2.75, 3.05) is 12.8 Å². The summed E-state index contributed by atoms with van der Waals surface area (Å²) in [5, 5.41) is 3.78. The van der Waals surface area contributed by atoms with Gasteiger partial charge in [0.2, 0.25) is 5.88 Å². The molecule has 0 saturated carbocycles. The van der Waals surface area contributed by atoms with E-state index < -0.39 is 5.97 Å². The highest BCUT2D eigenvalue weighted by molar-refractivity contribution is 6.00. The van der Waals surface area contributed by atoms with E-state index in [4.69, 9.17) is 10.3 Å². The van der Waals surface area contributed by atoms with Gasteiger partial charge in [-0.15, -0.1) is 0 Å². The number of methoxy groups -OCH3 is 1. The molecule has 1 heterocycles. The van der Waals surface area contributed by atoms with Gasteiger partial charge in [-0.25, -0.2) is 4.79 Å². The van der Waals surface area contributed by atoms with Crippen molar-refractivity contribution in [3.63, 3.8) is 0 Å². The number of carbonyl (C=O) groups excluding carboxylic acids is 1. The van der Waals surface area contributed by atoms with Gasteiger partial charge in [-0.2, -0.15) is 0 Å². The van der Waals surface area contributed by atoms with E-state index in [1.165, 1.54) is 7.11 Å². The van der Waals surface area contributed by atoms with Crippen LogP contribution in [0.1, 0.15) is 15.9 Å². The molecule has 0 radical (unpaired) electrons. The SMILES string of the molecule is COC(=O)c1c(-c2ccc(C)cc2)noc1N. The van der Waals surface area contributed by atoms with E-state index in [1.54, 1.807) is 0 Å². The zero-order valence-electron chi connectivity index (χ0n) is 9.56. The Morgan fingerprint density at radius 2 is 2.00 bits per heavy atom. The lowest BCUT2D eigenvalue weighted by Crippen LogP contribution is -2.04. The van der Waals surface area contributed by atoms with Crippen LogP contribution < -0.4 is 5.73 Å². The molecule has 0 saturated heterocycles. The Morgan fingerprint density at radius 3 is 2.59 bits per heavy atom. The maximum absolute atomic E-state index is 11.6. The normalized spacial score (nSPS) is 10.2. The highest BCUT2D eigenvalue weighted by Crippen LogP contribution is 2.27. The standard InChI is InChI=1S/C12H12N2O3/c1-7-3-5-8(6-4-7)10-9(12(15)16-2)11(13)17-14-10/h3-6H,13H2,1-2H3. The molecule has 0 fully saturated rings. The maximum atomic E-state index is 11.6. The van der Waals surface area contributed by atoms with Crippen molar-refractivity contribution in [3.05, 3.63) is 35.4 Å². The van der Waals surface area contributed by atoms with Gasteiger partial charge in [-0.05, 0) is 6.92 Å². The first-order valence-corrected chi connectivity index (χ1v) is 5.04. The summed E-state index contributed by atoms with van der Waals surface area (Å²) in [6, 6.07) is 7.53. The molecule has 0 aliphatic carbocycles. The maximum Gasteiger partial charge on any atom is 0.345 e. The highest BCUT2D eigenvalue weighted by Gasteiger charge is 2.22. The summed E-state index contributed by atoms with van der Waals surface area (Å²) in [5.74, 6) is -0.591. The van der Waals surface area contributed by atoms with Crippen LogP contribution in [0.25, 0.3) is 11.3 Å². The smallest absolute Gasteiger partial charge is 0.345 e. The fourth-order valence-corrected chi connectivity index (χ4v) is 1.51. The van der Waals surface area contributed by atoms with Gasteiger partial charge in [-0.1, -0.05) is 35.0 Å². The largest absolute Gasteiger partial charge is 0.465 e. The molecule has 0 amide bonds. The Morgan fingerprint density at radius 1 is 1.35 bits per heavy atom. The van der Waals surface area contributed by atoms with E-state index in [2.05, 4.69) is 9.89 Å². The van der Waals surface area contributed by atoms with E-state index >= 15 is 0 Å². The number of hydrogen-bond donors (Lipinski definition) is 1. The van der Waals surface area contributed by atoms with E-state index in [1.807, 2.05) is 31.2 Å². The van der Waals surface area contributed by atoms with Gasteiger partial charge in [-0.3, -0.25) is 0 Å². The Kier molecular flexibility index (Phi) is 2.82. The van der Waals surface area contributed by atoms with Crippen LogP contribution in [0.4, 0.5) is 5.88 Å². The second-order valence-corrected chi connectivity index (χ2v) is 3.63. The summed E-state index contributed by atoms with van der Waals surface area (Å²) in [7, 11) is 1.29. The number of nitrogen functional groups attached to an aromatic ring is 1. The van der Waals surface area contributed by atoms with Gasteiger partial charge < -0.3 is 15.0 Å². The molecule has 1 aromatic heterocycles. The zero-order chi connectivity index (χ0) is 12.4. The number of ether oxygens (including phenoxy) is 1. The molecule has 88 valence electrons. The van der Waals surface area contributed by atoms with Crippen molar-refractivity contribution in [3.8, 4) is 11.3 Å². The number of esters is 1. The quantitative estimate of drug-likeness (QED) is 0.801. The van der Waals surface area contributed by atoms with Crippen molar-refractivity contribution in [1.29, 1.82) is 0 Å². The Hall–Kier alpha value is -2.30. The van der Waals surface area contributed by atoms with Crippen LogP contribution in [0.5, 0.6) is 0 Å². The molecule has 0 aliphatic rings. The van der Waals surface area contributed by atoms with Crippen LogP contribution in [-0.2, 0) is 4.74 Å². The molecule has 2 N–H and O–H groups in total. The summed E-state index contributed by atoms with van der Waals surface area (Å²) in [6.45, 7) is 1.97. The Balaban J connectivity index is 2.52. The zero-order valence-corrected chi connectivity index (χ0v) is 9.56. The average Bonchev–Trinajstić information content (AvgIpc) is 2.71. The van der Waals surface area contributed by atoms with Crippen molar-refractivity contribution in [1.82, 2.24) is 5.16 Å². The molecule has 2 rings (SSSR count). The predicted octanol–water partition coefficient (Wildman–Crippen LogP) is 2.02. The molecule has 2 aromatic rings. The first-order valence-electron chi connectivity index (χ1n) is 5.04. The average molecular weight is 232 g/mol. The summed E-state index contributed by atoms with van der Waals surface area (Å²) in [4.78, 5) is 11.6. The monoisotopic (exact) mass is 232 g/mol. The molecule has 17 heavy (non-hydrogen) atoms. The van der Waals surface area contributed by atoms with E-state index in [9.17, 15) is 4.79 Å².